The fourth-order valence-electron chi connectivity index (χ4n) is 2.84. The number of nitrogens with zero attached hydrogens (tertiary/aromatic N) is 3. The first-order chi connectivity index (χ1) is 14.0. The first-order valence-corrected chi connectivity index (χ1v) is 9.95. The van der Waals surface area contributed by atoms with Crippen molar-refractivity contribution in [3.8, 4) is 5.75 Å². The molecule has 6 nitrogen and oxygen atoms in total. The number of aromatic nitrogens is 3. The molecule has 1 amide bonds. The number of ether oxygens (including phenoxy) is 1. The number of nitrogens with one attached hydrogen (secondary N) is 1. The van der Waals surface area contributed by atoms with E-state index >= 15 is 0 Å². The lowest BCUT2D eigenvalue weighted by atomic mass is 10.2. The molecule has 0 bridgehead atoms. The Kier molecular flexibility index (Phi) is 5.51. The van der Waals surface area contributed by atoms with Gasteiger partial charge in [-0.1, -0.05) is 39.7 Å². The molecule has 29 heavy (non-hydrogen) atoms. The summed E-state index contributed by atoms with van der Waals surface area (Å²) in [7, 11) is 0. The van der Waals surface area contributed by atoms with E-state index in [9.17, 15) is 4.79 Å². The Morgan fingerprint density at radius 1 is 1.24 bits per heavy atom. The normalized spacial score (nSPS) is 10.9. The number of rotatable bonds is 5. The number of fused-ring (bicyclic) bond motifs is 1. The molecule has 0 aliphatic carbocycles. The molecule has 146 valence electrons. The zero-order chi connectivity index (χ0) is 20.4. The third-order valence-corrected chi connectivity index (χ3v) is 5.28. The van der Waals surface area contributed by atoms with E-state index in [4.69, 9.17) is 16.3 Å². The lowest BCUT2D eigenvalue weighted by Gasteiger charge is -2.09. The van der Waals surface area contributed by atoms with Crippen molar-refractivity contribution < 1.29 is 9.53 Å². The van der Waals surface area contributed by atoms with Crippen LogP contribution in [0.3, 0.4) is 0 Å². The summed E-state index contributed by atoms with van der Waals surface area (Å²) in [6, 6.07) is 14.6. The summed E-state index contributed by atoms with van der Waals surface area (Å²) in [5, 5.41) is 8.59. The van der Waals surface area contributed by atoms with Crippen LogP contribution in [0.1, 0.15) is 16.1 Å². The number of halogens is 2. The van der Waals surface area contributed by atoms with Crippen molar-refractivity contribution in [2.24, 2.45) is 0 Å². The molecule has 0 spiro atoms. The minimum atomic E-state index is -0.327. The van der Waals surface area contributed by atoms with Gasteiger partial charge in [0.05, 0.1) is 16.2 Å². The summed E-state index contributed by atoms with van der Waals surface area (Å²) in [6.45, 7) is 2.10. The topological polar surface area (TPSA) is 69.0 Å². The maximum atomic E-state index is 12.6. The average Bonchev–Trinajstić information content (AvgIpc) is 3.20. The molecule has 2 aromatic carbocycles. The fourth-order valence-corrected chi connectivity index (χ4v) is 3.46. The summed E-state index contributed by atoms with van der Waals surface area (Å²) in [5.41, 5.74) is 2.63. The van der Waals surface area contributed by atoms with Crippen LogP contribution in [0.15, 0.2) is 65.4 Å². The van der Waals surface area contributed by atoms with E-state index in [0.29, 0.717) is 22.0 Å². The molecule has 2 aromatic heterocycles. The number of pyridine rings is 1. The van der Waals surface area contributed by atoms with Crippen LogP contribution < -0.4 is 10.1 Å². The number of carbonyl (C=O) groups excluding carboxylic acids is 1. The van der Waals surface area contributed by atoms with Crippen molar-refractivity contribution in [3.05, 3.63) is 81.7 Å². The van der Waals surface area contributed by atoms with Gasteiger partial charge in [0.1, 0.15) is 5.75 Å². The van der Waals surface area contributed by atoms with Gasteiger partial charge in [0.2, 0.25) is 0 Å². The van der Waals surface area contributed by atoms with E-state index in [1.165, 1.54) is 4.68 Å². The second kappa shape index (κ2) is 8.23. The first-order valence-electron chi connectivity index (χ1n) is 8.78. The van der Waals surface area contributed by atoms with E-state index in [-0.39, 0.29) is 18.3 Å². The van der Waals surface area contributed by atoms with Crippen molar-refractivity contribution >= 4 is 50.0 Å². The van der Waals surface area contributed by atoms with Gasteiger partial charge in [-0.3, -0.25) is 9.78 Å². The number of benzene rings is 2. The largest absolute Gasteiger partial charge is 0.470 e. The summed E-state index contributed by atoms with van der Waals surface area (Å²) in [4.78, 5) is 17.0. The van der Waals surface area contributed by atoms with Crippen molar-refractivity contribution in [1.82, 2.24) is 14.8 Å². The molecule has 4 rings (SSSR count). The predicted molar refractivity (Wildman–Crippen MR) is 116 cm³/mol. The molecule has 0 fully saturated rings. The maximum absolute atomic E-state index is 12.6. The summed E-state index contributed by atoms with van der Waals surface area (Å²) < 4.78 is 8.15. The van der Waals surface area contributed by atoms with E-state index in [2.05, 4.69) is 31.3 Å². The monoisotopic (exact) mass is 470 g/mol. The number of amides is 1. The van der Waals surface area contributed by atoms with Gasteiger partial charge >= 0.3 is 0 Å². The summed E-state index contributed by atoms with van der Waals surface area (Å²) in [5.74, 6) is 0.243. The average molecular weight is 472 g/mol. The van der Waals surface area contributed by atoms with Gasteiger partial charge in [0.15, 0.2) is 12.4 Å². The smallest absolute Gasteiger partial charge is 0.276 e. The van der Waals surface area contributed by atoms with Crippen LogP contribution in [0.25, 0.3) is 10.9 Å². The highest BCUT2D eigenvalue weighted by Crippen LogP contribution is 2.28. The molecule has 0 aliphatic heterocycles. The highest BCUT2D eigenvalue weighted by atomic mass is 79.9. The number of hydrogen-bond acceptors (Lipinski definition) is 4. The zero-order valence-electron chi connectivity index (χ0n) is 15.4. The van der Waals surface area contributed by atoms with Crippen LogP contribution in [0.2, 0.25) is 5.02 Å². The quantitative estimate of drug-likeness (QED) is 0.420. The molecule has 2 heterocycles. The van der Waals surface area contributed by atoms with Crippen LogP contribution in [-0.2, 0) is 6.73 Å². The van der Waals surface area contributed by atoms with E-state index in [0.717, 1.165) is 15.4 Å². The highest BCUT2D eigenvalue weighted by molar-refractivity contribution is 9.10. The van der Waals surface area contributed by atoms with Gasteiger partial charge in [-0.25, -0.2) is 4.68 Å². The molecular formula is C21H16BrClN4O2. The standard InChI is InChI=1S/C21H16BrClN4O2/c1-13-4-6-16(23)19(11-13)29-12-27-10-8-18(26-27)21(28)25-17-7-5-15(22)14-3-2-9-24-20(14)17/h2-11H,12H2,1H3,(H,25,28). The number of aryl methyl sites for hydroxylation is 1. The molecule has 1 N–H and O–H groups in total. The molecular weight excluding hydrogens is 456 g/mol. The summed E-state index contributed by atoms with van der Waals surface area (Å²) in [6.07, 6.45) is 3.36. The Morgan fingerprint density at radius 2 is 2.10 bits per heavy atom. The minimum absolute atomic E-state index is 0.138. The van der Waals surface area contributed by atoms with E-state index < -0.39 is 0 Å². The molecule has 0 unspecified atom stereocenters. The van der Waals surface area contributed by atoms with Crippen LogP contribution in [0.4, 0.5) is 5.69 Å². The van der Waals surface area contributed by atoms with Gasteiger partial charge in [0.25, 0.3) is 5.91 Å². The molecule has 0 saturated heterocycles. The third-order valence-electron chi connectivity index (χ3n) is 4.28. The van der Waals surface area contributed by atoms with Crippen molar-refractivity contribution in [2.45, 2.75) is 13.7 Å². The minimum Gasteiger partial charge on any atom is -0.470 e. The van der Waals surface area contributed by atoms with Crippen molar-refractivity contribution in [1.29, 1.82) is 0 Å². The van der Waals surface area contributed by atoms with E-state index in [1.807, 2.05) is 37.3 Å². The van der Waals surface area contributed by atoms with Crippen LogP contribution in [-0.4, -0.2) is 20.7 Å². The molecule has 8 heteroatoms. The van der Waals surface area contributed by atoms with Crippen molar-refractivity contribution in [2.75, 3.05) is 5.32 Å². The number of hydrogen-bond donors (Lipinski definition) is 1. The second-order valence-corrected chi connectivity index (χ2v) is 7.66. The molecule has 0 saturated carbocycles. The van der Waals surface area contributed by atoms with Gasteiger partial charge in [-0.15, -0.1) is 0 Å². The van der Waals surface area contributed by atoms with Crippen LogP contribution in [0.5, 0.6) is 5.75 Å². The number of carbonyl (C=O) groups is 1. The molecule has 4 aromatic rings. The fraction of sp³-hybridized carbons (Fsp3) is 0.0952. The number of anilines is 1. The molecule has 0 atom stereocenters. The Morgan fingerprint density at radius 3 is 2.97 bits per heavy atom. The van der Waals surface area contributed by atoms with Crippen LogP contribution >= 0.6 is 27.5 Å². The third kappa shape index (κ3) is 4.26. The van der Waals surface area contributed by atoms with Crippen molar-refractivity contribution in [3.63, 3.8) is 0 Å². The Bertz CT molecular complexity index is 1210. The first kappa shape index (κ1) is 19.4. The maximum Gasteiger partial charge on any atom is 0.276 e. The van der Waals surface area contributed by atoms with Gasteiger partial charge in [-0.2, -0.15) is 5.10 Å². The molecule has 0 radical (unpaired) electrons. The van der Waals surface area contributed by atoms with Gasteiger partial charge in [-0.05, 0) is 48.9 Å². The Hall–Kier alpha value is -2.90. The Labute approximate surface area is 180 Å². The lowest BCUT2D eigenvalue weighted by Crippen LogP contribution is -2.14. The second-order valence-electron chi connectivity index (χ2n) is 6.40. The van der Waals surface area contributed by atoms with Gasteiger partial charge in [0, 0.05) is 22.3 Å². The van der Waals surface area contributed by atoms with E-state index in [1.54, 1.807) is 30.6 Å². The van der Waals surface area contributed by atoms with Crippen LogP contribution in [0, 0.1) is 6.92 Å². The zero-order valence-corrected chi connectivity index (χ0v) is 17.7. The SMILES string of the molecule is Cc1ccc(Cl)c(OCn2ccc(C(=O)Nc3ccc(Br)c4cccnc34)n2)c1. The highest BCUT2D eigenvalue weighted by Gasteiger charge is 2.13. The Balaban J connectivity index is 1.48. The molecule has 0 aliphatic rings. The van der Waals surface area contributed by atoms with Gasteiger partial charge < -0.3 is 10.1 Å². The summed E-state index contributed by atoms with van der Waals surface area (Å²) >= 11 is 9.64. The lowest BCUT2D eigenvalue weighted by molar-refractivity contribution is 0.102. The predicted octanol–water partition coefficient (Wildman–Crippen LogP) is 5.44.